The van der Waals surface area contributed by atoms with Crippen LogP contribution < -0.4 is 5.32 Å². The summed E-state index contributed by atoms with van der Waals surface area (Å²) in [6.45, 7) is 4.98. The second kappa shape index (κ2) is 8.71. The molecule has 7 nitrogen and oxygen atoms in total. The van der Waals surface area contributed by atoms with Gasteiger partial charge in [0.25, 0.3) is 0 Å². The highest BCUT2D eigenvalue weighted by Crippen LogP contribution is 2.12. The van der Waals surface area contributed by atoms with E-state index in [1.54, 1.807) is 7.11 Å². The summed E-state index contributed by atoms with van der Waals surface area (Å²) in [4.78, 5) is 23.9. The molecule has 0 aliphatic carbocycles. The van der Waals surface area contributed by atoms with Crippen LogP contribution in [0.1, 0.15) is 20.3 Å². The van der Waals surface area contributed by atoms with Gasteiger partial charge in [-0.2, -0.15) is 0 Å². The predicted octanol–water partition coefficient (Wildman–Crippen LogP) is 0.544. The number of aliphatic carboxylic acids is 1. The van der Waals surface area contributed by atoms with Crippen LogP contribution >= 0.6 is 0 Å². The van der Waals surface area contributed by atoms with E-state index in [0.29, 0.717) is 32.8 Å². The molecule has 19 heavy (non-hydrogen) atoms. The number of carboxylic acids is 1. The maximum absolute atomic E-state index is 11.7. The summed E-state index contributed by atoms with van der Waals surface area (Å²) in [6, 6.07) is -0.413. The van der Waals surface area contributed by atoms with E-state index in [1.807, 2.05) is 0 Å². The fourth-order valence-electron chi connectivity index (χ4n) is 1.13. The van der Waals surface area contributed by atoms with Crippen molar-refractivity contribution in [3.05, 3.63) is 0 Å². The van der Waals surface area contributed by atoms with Gasteiger partial charge >= 0.3 is 12.0 Å². The van der Waals surface area contributed by atoms with Crippen LogP contribution in [0, 0.1) is 0 Å². The molecule has 0 aromatic carbocycles. The molecular weight excluding hydrogens is 252 g/mol. The van der Waals surface area contributed by atoms with E-state index in [2.05, 4.69) is 5.32 Å². The molecule has 0 unspecified atom stereocenters. The fraction of sp³-hybridized carbons (Fsp3) is 0.833. The summed E-state index contributed by atoms with van der Waals surface area (Å²) in [7, 11) is 3.06. The molecule has 2 amide bonds. The van der Waals surface area contributed by atoms with Crippen molar-refractivity contribution in [1.82, 2.24) is 10.2 Å². The molecule has 7 heteroatoms. The Labute approximate surface area is 113 Å². The van der Waals surface area contributed by atoms with Gasteiger partial charge in [0.1, 0.15) is 5.54 Å². The number of carboxylic acid groups (broad SMARTS) is 1. The van der Waals surface area contributed by atoms with Crippen LogP contribution in [0.4, 0.5) is 4.79 Å². The Morgan fingerprint density at radius 1 is 1.26 bits per heavy atom. The summed E-state index contributed by atoms with van der Waals surface area (Å²) in [6.07, 6.45) is 0.663. The van der Waals surface area contributed by atoms with Gasteiger partial charge in [0, 0.05) is 27.3 Å². The quantitative estimate of drug-likeness (QED) is 0.600. The lowest BCUT2D eigenvalue weighted by molar-refractivity contribution is -0.146. The maximum Gasteiger partial charge on any atom is 0.329 e. The van der Waals surface area contributed by atoms with Crippen LogP contribution in [0.2, 0.25) is 0 Å². The Morgan fingerprint density at radius 3 is 2.42 bits per heavy atom. The van der Waals surface area contributed by atoms with Crippen LogP contribution in [0.3, 0.4) is 0 Å². The lowest BCUT2D eigenvalue weighted by Gasteiger charge is -2.31. The molecule has 0 aliphatic heterocycles. The molecule has 0 bridgehead atoms. The van der Waals surface area contributed by atoms with Crippen LogP contribution in [0.5, 0.6) is 0 Å². The number of urea groups is 1. The molecule has 0 heterocycles. The summed E-state index contributed by atoms with van der Waals surface area (Å²) < 4.78 is 10.1. The number of methoxy groups -OCH3 is 1. The fourth-order valence-corrected chi connectivity index (χ4v) is 1.13. The smallest absolute Gasteiger partial charge is 0.329 e. The second-order valence-electron chi connectivity index (χ2n) is 4.61. The zero-order valence-electron chi connectivity index (χ0n) is 12.1. The van der Waals surface area contributed by atoms with Crippen molar-refractivity contribution in [2.45, 2.75) is 25.8 Å². The number of rotatable bonds is 9. The molecule has 0 radical (unpaired) electrons. The van der Waals surface area contributed by atoms with Gasteiger partial charge in [-0.1, -0.05) is 0 Å². The highest BCUT2D eigenvalue weighted by atomic mass is 16.5. The first-order chi connectivity index (χ1) is 8.84. The van der Waals surface area contributed by atoms with Crippen molar-refractivity contribution in [3.63, 3.8) is 0 Å². The number of nitrogens with one attached hydrogen (secondary N) is 1. The molecule has 0 saturated carbocycles. The number of hydrogen-bond donors (Lipinski definition) is 2. The Kier molecular flexibility index (Phi) is 8.09. The molecule has 2 N–H and O–H groups in total. The van der Waals surface area contributed by atoms with Gasteiger partial charge in [0.05, 0.1) is 13.2 Å². The second-order valence-corrected chi connectivity index (χ2v) is 4.61. The van der Waals surface area contributed by atoms with Crippen molar-refractivity contribution in [2.75, 3.05) is 40.5 Å². The number of amides is 2. The van der Waals surface area contributed by atoms with Gasteiger partial charge in [0.2, 0.25) is 0 Å². The maximum atomic E-state index is 11.7. The summed E-state index contributed by atoms with van der Waals surface area (Å²) in [5.74, 6) is -1.05. The number of carbonyl (C=O) groups is 2. The molecule has 0 aliphatic rings. The van der Waals surface area contributed by atoms with Crippen molar-refractivity contribution >= 4 is 12.0 Å². The summed E-state index contributed by atoms with van der Waals surface area (Å²) in [5, 5.41) is 11.6. The third-order valence-electron chi connectivity index (χ3n) is 2.84. The third-order valence-corrected chi connectivity index (χ3v) is 2.84. The summed E-state index contributed by atoms with van der Waals surface area (Å²) in [5.41, 5.74) is -1.24. The SMILES string of the molecule is COCCOCCCNC(=O)N(C)C(C)(C)C(=O)O. The first-order valence-electron chi connectivity index (χ1n) is 6.15. The van der Waals surface area contributed by atoms with E-state index in [9.17, 15) is 9.59 Å². The first kappa shape index (κ1) is 17.7. The Morgan fingerprint density at radius 2 is 1.89 bits per heavy atom. The molecule has 0 aromatic rings. The van der Waals surface area contributed by atoms with Crippen LogP contribution in [-0.2, 0) is 14.3 Å². The summed E-state index contributed by atoms with van der Waals surface area (Å²) >= 11 is 0. The van der Waals surface area contributed by atoms with Crippen molar-refractivity contribution < 1.29 is 24.2 Å². The topological polar surface area (TPSA) is 88.1 Å². The largest absolute Gasteiger partial charge is 0.480 e. The number of ether oxygens (including phenoxy) is 2. The number of likely N-dealkylation sites (N-methyl/N-ethyl adjacent to an activating group) is 1. The molecule has 0 spiro atoms. The predicted molar refractivity (Wildman–Crippen MR) is 70.2 cm³/mol. The minimum Gasteiger partial charge on any atom is -0.480 e. The van der Waals surface area contributed by atoms with Gasteiger partial charge in [-0.15, -0.1) is 0 Å². The molecule has 0 rings (SSSR count). The van der Waals surface area contributed by atoms with Gasteiger partial charge in [-0.3, -0.25) is 0 Å². The third kappa shape index (κ3) is 6.40. The van der Waals surface area contributed by atoms with E-state index in [1.165, 1.54) is 25.8 Å². The number of carbonyl (C=O) groups excluding carboxylic acids is 1. The number of hydrogen-bond acceptors (Lipinski definition) is 4. The van der Waals surface area contributed by atoms with Crippen LogP contribution in [-0.4, -0.2) is 68.1 Å². The highest BCUT2D eigenvalue weighted by molar-refractivity contribution is 5.85. The molecule has 0 aromatic heterocycles. The van der Waals surface area contributed by atoms with Gasteiger partial charge in [0.15, 0.2) is 0 Å². The zero-order chi connectivity index (χ0) is 14.9. The van der Waals surface area contributed by atoms with E-state index < -0.39 is 17.5 Å². The van der Waals surface area contributed by atoms with Crippen molar-refractivity contribution in [2.24, 2.45) is 0 Å². The van der Waals surface area contributed by atoms with E-state index in [-0.39, 0.29) is 0 Å². The van der Waals surface area contributed by atoms with E-state index in [4.69, 9.17) is 14.6 Å². The van der Waals surface area contributed by atoms with E-state index >= 15 is 0 Å². The minimum atomic E-state index is -1.24. The lowest BCUT2D eigenvalue weighted by atomic mass is 10.1. The van der Waals surface area contributed by atoms with Gasteiger partial charge in [-0.05, 0) is 20.3 Å². The zero-order valence-corrected chi connectivity index (χ0v) is 12.1. The molecular formula is C12H24N2O5. The number of nitrogens with zero attached hydrogens (tertiary/aromatic N) is 1. The molecule has 0 saturated heterocycles. The normalized spacial score (nSPS) is 11.2. The monoisotopic (exact) mass is 276 g/mol. The Hall–Kier alpha value is -1.34. The molecule has 0 atom stereocenters. The van der Waals surface area contributed by atoms with Crippen molar-refractivity contribution in [3.8, 4) is 0 Å². The Bertz CT molecular complexity index is 294. The van der Waals surface area contributed by atoms with Crippen LogP contribution in [0.25, 0.3) is 0 Å². The lowest BCUT2D eigenvalue weighted by Crippen LogP contribution is -2.54. The average molecular weight is 276 g/mol. The minimum absolute atomic E-state index is 0.413. The average Bonchev–Trinajstić information content (AvgIpc) is 2.36. The van der Waals surface area contributed by atoms with Crippen LogP contribution in [0.15, 0.2) is 0 Å². The standard InChI is InChI=1S/C12H24N2O5/c1-12(2,10(15)16)14(3)11(17)13-6-5-7-19-9-8-18-4/h5-9H2,1-4H3,(H,13,17)(H,15,16). The molecule has 0 fully saturated rings. The Balaban J connectivity index is 3.83. The van der Waals surface area contributed by atoms with Gasteiger partial charge < -0.3 is 24.8 Å². The van der Waals surface area contributed by atoms with Crippen molar-refractivity contribution in [1.29, 1.82) is 0 Å². The van der Waals surface area contributed by atoms with Gasteiger partial charge in [-0.25, -0.2) is 9.59 Å². The first-order valence-corrected chi connectivity index (χ1v) is 6.15. The van der Waals surface area contributed by atoms with E-state index in [0.717, 1.165) is 0 Å². The molecule has 112 valence electrons. The highest BCUT2D eigenvalue weighted by Gasteiger charge is 2.34.